The number of rotatable bonds is 6. The van der Waals surface area contributed by atoms with Gasteiger partial charge in [-0.3, -0.25) is 4.79 Å². The summed E-state index contributed by atoms with van der Waals surface area (Å²) in [6.45, 7) is 1.21. The summed E-state index contributed by atoms with van der Waals surface area (Å²) in [5.74, 6) is -2.36. The van der Waals surface area contributed by atoms with Crippen molar-refractivity contribution in [3.8, 4) is 0 Å². The maximum absolute atomic E-state index is 11.5. The smallest absolute Gasteiger partial charge is 0.346 e. The SMILES string of the molecule is CC(=O)OC(C(=O)O)C(/C=C/c1ccccc1)c1ccccc1. The van der Waals surface area contributed by atoms with Gasteiger partial charge in [0.2, 0.25) is 6.10 Å². The van der Waals surface area contributed by atoms with E-state index in [9.17, 15) is 14.7 Å². The Balaban J connectivity index is 2.36. The van der Waals surface area contributed by atoms with Crippen molar-refractivity contribution in [2.24, 2.45) is 0 Å². The van der Waals surface area contributed by atoms with Gasteiger partial charge in [0.1, 0.15) is 0 Å². The van der Waals surface area contributed by atoms with Crippen LogP contribution < -0.4 is 0 Å². The van der Waals surface area contributed by atoms with Crippen molar-refractivity contribution in [3.63, 3.8) is 0 Å². The molecule has 0 aliphatic carbocycles. The highest BCUT2D eigenvalue weighted by atomic mass is 16.6. The van der Waals surface area contributed by atoms with Crippen molar-refractivity contribution in [2.45, 2.75) is 18.9 Å². The topological polar surface area (TPSA) is 63.6 Å². The molecule has 0 aliphatic heterocycles. The van der Waals surface area contributed by atoms with E-state index in [1.807, 2.05) is 66.7 Å². The second kappa shape index (κ2) is 7.94. The maximum atomic E-state index is 11.5. The lowest BCUT2D eigenvalue weighted by Crippen LogP contribution is -2.31. The molecule has 0 heterocycles. The molecule has 0 saturated carbocycles. The van der Waals surface area contributed by atoms with Crippen LogP contribution in [0.3, 0.4) is 0 Å². The third-order valence-corrected chi connectivity index (χ3v) is 3.34. The molecule has 1 N–H and O–H groups in total. The van der Waals surface area contributed by atoms with Gasteiger partial charge in [-0.2, -0.15) is 0 Å². The first kappa shape index (κ1) is 16.5. The van der Waals surface area contributed by atoms with Crippen LogP contribution >= 0.6 is 0 Å². The molecule has 0 bridgehead atoms. The minimum Gasteiger partial charge on any atom is -0.478 e. The van der Waals surface area contributed by atoms with E-state index in [2.05, 4.69) is 0 Å². The van der Waals surface area contributed by atoms with Gasteiger partial charge in [0.25, 0.3) is 0 Å². The number of carbonyl (C=O) groups is 2. The number of carbonyl (C=O) groups excluding carboxylic acids is 1. The Kier molecular flexibility index (Phi) is 5.69. The van der Waals surface area contributed by atoms with Crippen molar-refractivity contribution in [3.05, 3.63) is 77.9 Å². The summed E-state index contributed by atoms with van der Waals surface area (Å²) in [6.07, 6.45) is 2.32. The standard InChI is InChI=1S/C19H18O4/c1-14(20)23-18(19(21)22)17(16-10-6-3-7-11-16)13-12-15-8-4-2-5-9-15/h2-13,17-18H,1H3,(H,21,22)/b13-12+. The first-order chi connectivity index (χ1) is 11.1. The molecule has 2 rings (SSSR count). The molecule has 0 amide bonds. The first-order valence-electron chi connectivity index (χ1n) is 7.26. The van der Waals surface area contributed by atoms with Gasteiger partial charge in [-0.1, -0.05) is 72.8 Å². The average molecular weight is 310 g/mol. The van der Waals surface area contributed by atoms with Gasteiger partial charge in [-0.25, -0.2) is 4.79 Å². The van der Waals surface area contributed by atoms with Gasteiger partial charge < -0.3 is 9.84 Å². The van der Waals surface area contributed by atoms with E-state index < -0.39 is 24.0 Å². The van der Waals surface area contributed by atoms with Gasteiger partial charge in [0.15, 0.2) is 0 Å². The van der Waals surface area contributed by atoms with Crippen LogP contribution in [0.4, 0.5) is 0 Å². The van der Waals surface area contributed by atoms with Crippen LogP contribution in [0.1, 0.15) is 24.0 Å². The predicted molar refractivity (Wildman–Crippen MR) is 87.8 cm³/mol. The molecule has 4 heteroatoms. The highest BCUT2D eigenvalue weighted by Gasteiger charge is 2.30. The maximum Gasteiger partial charge on any atom is 0.346 e. The zero-order chi connectivity index (χ0) is 16.7. The highest BCUT2D eigenvalue weighted by molar-refractivity contribution is 5.79. The van der Waals surface area contributed by atoms with E-state index >= 15 is 0 Å². The highest BCUT2D eigenvalue weighted by Crippen LogP contribution is 2.25. The fraction of sp³-hybridized carbons (Fsp3) is 0.158. The van der Waals surface area contributed by atoms with Crippen molar-refractivity contribution < 1.29 is 19.4 Å². The van der Waals surface area contributed by atoms with Gasteiger partial charge in [-0.15, -0.1) is 0 Å². The summed E-state index contributed by atoms with van der Waals surface area (Å²) in [6, 6.07) is 18.7. The summed E-state index contributed by atoms with van der Waals surface area (Å²) in [7, 11) is 0. The average Bonchev–Trinajstić information content (AvgIpc) is 2.55. The molecule has 0 aromatic heterocycles. The van der Waals surface area contributed by atoms with Crippen LogP contribution in [0.2, 0.25) is 0 Å². The Morgan fingerprint density at radius 3 is 2.09 bits per heavy atom. The van der Waals surface area contributed by atoms with Crippen LogP contribution in [0, 0.1) is 0 Å². The number of hydrogen-bond acceptors (Lipinski definition) is 3. The number of hydrogen-bond donors (Lipinski definition) is 1. The summed E-state index contributed by atoms with van der Waals surface area (Å²) < 4.78 is 5.03. The molecule has 2 unspecified atom stereocenters. The predicted octanol–water partition coefficient (Wildman–Crippen LogP) is 3.50. The molecule has 2 aromatic rings. The van der Waals surface area contributed by atoms with Crippen molar-refractivity contribution in [2.75, 3.05) is 0 Å². The largest absolute Gasteiger partial charge is 0.478 e. The van der Waals surface area contributed by atoms with Gasteiger partial charge in [0, 0.05) is 6.92 Å². The van der Waals surface area contributed by atoms with Gasteiger partial charge in [0.05, 0.1) is 5.92 Å². The lowest BCUT2D eigenvalue weighted by molar-refractivity contribution is -0.163. The van der Waals surface area contributed by atoms with Crippen LogP contribution in [0.15, 0.2) is 66.7 Å². The number of ether oxygens (including phenoxy) is 1. The van der Waals surface area contributed by atoms with Crippen molar-refractivity contribution >= 4 is 18.0 Å². The summed E-state index contributed by atoms with van der Waals surface area (Å²) >= 11 is 0. The first-order valence-corrected chi connectivity index (χ1v) is 7.26. The van der Waals surface area contributed by atoms with Crippen LogP contribution in [-0.2, 0) is 14.3 Å². The molecule has 4 nitrogen and oxygen atoms in total. The lowest BCUT2D eigenvalue weighted by atomic mass is 9.92. The van der Waals surface area contributed by atoms with E-state index in [1.165, 1.54) is 6.92 Å². The number of benzene rings is 2. The third kappa shape index (κ3) is 4.81. The Morgan fingerprint density at radius 2 is 1.57 bits per heavy atom. The number of aliphatic carboxylic acids is 1. The molecular weight excluding hydrogens is 292 g/mol. The minimum atomic E-state index is -1.27. The Bertz CT molecular complexity index is 677. The van der Waals surface area contributed by atoms with Crippen molar-refractivity contribution in [1.82, 2.24) is 0 Å². The minimum absolute atomic E-state index is 0.571. The van der Waals surface area contributed by atoms with Crippen LogP contribution in [0.25, 0.3) is 6.08 Å². The number of carboxylic acid groups (broad SMARTS) is 1. The molecule has 118 valence electrons. The Hall–Kier alpha value is -2.88. The number of esters is 1. The number of carboxylic acids is 1. The third-order valence-electron chi connectivity index (χ3n) is 3.34. The molecule has 2 aromatic carbocycles. The fourth-order valence-corrected chi connectivity index (χ4v) is 2.30. The van der Waals surface area contributed by atoms with Gasteiger partial charge in [-0.05, 0) is 11.1 Å². The molecule has 0 saturated heterocycles. The molecule has 23 heavy (non-hydrogen) atoms. The Labute approximate surface area is 135 Å². The quantitative estimate of drug-likeness (QED) is 0.829. The van der Waals surface area contributed by atoms with E-state index in [1.54, 1.807) is 6.08 Å². The summed E-state index contributed by atoms with van der Waals surface area (Å²) in [5, 5.41) is 9.44. The van der Waals surface area contributed by atoms with Crippen LogP contribution in [0.5, 0.6) is 0 Å². The fourth-order valence-electron chi connectivity index (χ4n) is 2.30. The molecule has 0 spiro atoms. The van der Waals surface area contributed by atoms with E-state index in [4.69, 9.17) is 4.74 Å². The van der Waals surface area contributed by atoms with Crippen LogP contribution in [-0.4, -0.2) is 23.1 Å². The zero-order valence-corrected chi connectivity index (χ0v) is 12.8. The summed E-state index contributed by atoms with van der Waals surface area (Å²) in [5.41, 5.74) is 1.72. The Morgan fingerprint density at radius 1 is 1.00 bits per heavy atom. The summed E-state index contributed by atoms with van der Waals surface area (Å²) in [4.78, 5) is 22.8. The zero-order valence-electron chi connectivity index (χ0n) is 12.8. The second-order valence-electron chi connectivity index (χ2n) is 5.07. The second-order valence-corrected chi connectivity index (χ2v) is 5.07. The van der Waals surface area contributed by atoms with Crippen molar-refractivity contribution in [1.29, 1.82) is 0 Å². The van der Waals surface area contributed by atoms with Gasteiger partial charge >= 0.3 is 11.9 Å². The normalized spacial score (nSPS) is 13.4. The monoisotopic (exact) mass is 310 g/mol. The molecule has 0 aliphatic rings. The van der Waals surface area contributed by atoms with E-state index in [0.717, 1.165) is 11.1 Å². The van der Waals surface area contributed by atoms with E-state index in [-0.39, 0.29) is 0 Å². The lowest BCUT2D eigenvalue weighted by Gasteiger charge is -2.21. The molecule has 0 radical (unpaired) electrons. The molecule has 2 atom stereocenters. The van der Waals surface area contributed by atoms with E-state index in [0.29, 0.717) is 0 Å². The molecular formula is C19H18O4. The molecule has 0 fully saturated rings.